The van der Waals surface area contributed by atoms with Crippen LogP contribution in [0.2, 0.25) is 18.1 Å². The number of alkyl halides is 3. The van der Waals surface area contributed by atoms with Gasteiger partial charge < -0.3 is 9.74 Å². The van der Waals surface area contributed by atoms with Crippen LogP contribution in [0.3, 0.4) is 0 Å². The molecule has 0 atom stereocenters. The number of aromatic nitrogens is 3. The van der Waals surface area contributed by atoms with Crippen LogP contribution in [0.15, 0.2) is 42.7 Å². The Kier molecular flexibility index (Phi) is 7.15. The average Bonchev–Trinajstić information content (AvgIpc) is 3.35. The molecule has 0 radical (unpaired) electrons. The molecule has 0 aliphatic heterocycles. The first-order chi connectivity index (χ1) is 15.2. The average molecular weight is 497 g/mol. The minimum atomic E-state index is -4.48. The lowest BCUT2D eigenvalue weighted by Crippen LogP contribution is -2.40. The van der Waals surface area contributed by atoms with Crippen LogP contribution >= 0.6 is 11.3 Å². The molecule has 1 amide bonds. The number of amides is 1. The van der Waals surface area contributed by atoms with Crippen LogP contribution in [0.25, 0.3) is 5.69 Å². The van der Waals surface area contributed by atoms with Crippen molar-refractivity contribution >= 4 is 30.7 Å². The zero-order valence-electron chi connectivity index (χ0n) is 19.2. The van der Waals surface area contributed by atoms with Gasteiger partial charge in [0, 0.05) is 6.20 Å². The second-order valence-corrected chi connectivity index (χ2v) is 15.1. The van der Waals surface area contributed by atoms with Gasteiger partial charge in [-0.1, -0.05) is 44.2 Å². The molecule has 178 valence electrons. The fourth-order valence-corrected chi connectivity index (χ4v) is 4.32. The van der Waals surface area contributed by atoms with Gasteiger partial charge in [0.05, 0.1) is 30.6 Å². The summed E-state index contributed by atoms with van der Waals surface area (Å²) in [6, 6.07) is 9.51. The van der Waals surface area contributed by atoms with E-state index in [9.17, 15) is 18.0 Å². The molecule has 0 aliphatic carbocycles. The number of rotatable bonds is 7. The maximum absolute atomic E-state index is 12.7. The third kappa shape index (κ3) is 6.52. The Balaban J connectivity index is 1.62. The number of hydrogen-bond donors (Lipinski definition) is 1. The summed E-state index contributed by atoms with van der Waals surface area (Å²) in [6.07, 6.45) is -2.12. The van der Waals surface area contributed by atoms with Gasteiger partial charge in [0.25, 0.3) is 0 Å². The van der Waals surface area contributed by atoms with E-state index >= 15 is 0 Å². The van der Waals surface area contributed by atoms with Crippen LogP contribution in [0.5, 0.6) is 0 Å². The first-order valence-electron chi connectivity index (χ1n) is 10.4. The summed E-state index contributed by atoms with van der Waals surface area (Å²) in [6.45, 7) is 11.5. The van der Waals surface area contributed by atoms with Gasteiger partial charge in [0.1, 0.15) is 4.88 Å². The van der Waals surface area contributed by atoms with Crippen molar-refractivity contribution in [1.29, 1.82) is 0 Å². The van der Waals surface area contributed by atoms with Gasteiger partial charge in [0.15, 0.2) is 13.4 Å². The van der Waals surface area contributed by atoms with E-state index in [2.05, 4.69) is 49.3 Å². The first-order valence-corrected chi connectivity index (χ1v) is 14.1. The van der Waals surface area contributed by atoms with Gasteiger partial charge in [-0.2, -0.15) is 18.3 Å². The van der Waals surface area contributed by atoms with Crippen LogP contribution in [0, 0.1) is 0 Å². The number of thiazole rings is 1. The van der Waals surface area contributed by atoms with Crippen LogP contribution in [0.4, 0.5) is 18.3 Å². The van der Waals surface area contributed by atoms with Crippen LogP contribution in [-0.4, -0.2) is 29.0 Å². The number of benzene rings is 1. The molecule has 3 aromatic rings. The number of nitrogens with zero attached hydrogens (tertiary/aromatic N) is 3. The highest BCUT2D eigenvalue weighted by Crippen LogP contribution is 2.37. The summed E-state index contributed by atoms with van der Waals surface area (Å²) >= 11 is 0.387. The molecule has 1 N–H and O–H groups in total. The van der Waals surface area contributed by atoms with Gasteiger partial charge in [-0.05, 0) is 41.9 Å². The lowest BCUT2D eigenvalue weighted by atomic mass is 10.2. The number of halogens is 3. The molecule has 2 aromatic heterocycles. The van der Waals surface area contributed by atoms with Gasteiger partial charge in [-0.25, -0.2) is 9.67 Å². The van der Waals surface area contributed by atoms with Crippen molar-refractivity contribution < 1.29 is 22.4 Å². The SMILES string of the molecule is CC(C)(C)[Si](C)(C)OCc1cccc(-n2ccc(CC(=O)Nc3ncc(C(F)(F)F)s3)n2)c1. The van der Waals surface area contributed by atoms with E-state index in [4.69, 9.17) is 4.43 Å². The normalized spacial score (nSPS) is 12.7. The smallest absolute Gasteiger partial charge is 0.413 e. The summed E-state index contributed by atoms with van der Waals surface area (Å²) in [7, 11) is -1.87. The molecule has 0 spiro atoms. The van der Waals surface area contributed by atoms with Gasteiger partial charge in [0.2, 0.25) is 5.91 Å². The topological polar surface area (TPSA) is 69.0 Å². The molecule has 2 heterocycles. The van der Waals surface area contributed by atoms with E-state index in [1.54, 1.807) is 16.9 Å². The van der Waals surface area contributed by atoms with Crippen LogP contribution in [0.1, 0.15) is 36.9 Å². The molecule has 6 nitrogen and oxygen atoms in total. The fraction of sp³-hybridized carbons (Fsp3) is 0.409. The predicted octanol–water partition coefficient (Wildman–Crippen LogP) is 6.05. The van der Waals surface area contributed by atoms with E-state index in [0.29, 0.717) is 29.8 Å². The monoisotopic (exact) mass is 496 g/mol. The molecule has 33 heavy (non-hydrogen) atoms. The molecule has 0 aliphatic rings. The van der Waals surface area contributed by atoms with E-state index in [1.165, 1.54) is 0 Å². The summed E-state index contributed by atoms with van der Waals surface area (Å²) in [4.78, 5) is 15.0. The van der Waals surface area contributed by atoms with Crippen LogP contribution < -0.4 is 5.32 Å². The zero-order chi connectivity index (χ0) is 24.4. The second kappa shape index (κ2) is 9.39. The Morgan fingerprint density at radius 3 is 2.58 bits per heavy atom. The highest BCUT2D eigenvalue weighted by molar-refractivity contribution is 7.15. The number of anilines is 1. The van der Waals surface area contributed by atoms with Crippen molar-refractivity contribution in [3.05, 3.63) is 58.9 Å². The molecule has 1 aromatic carbocycles. The summed E-state index contributed by atoms with van der Waals surface area (Å²) in [5.41, 5.74) is 2.34. The Hall–Kier alpha value is -2.50. The Labute approximate surface area is 195 Å². The molecule has 11 heteroatoms. The maximum Gasteiger partial charge on any atom is 0.427 e. The number of nitrogens with one attached hydrogen (secondary N) is 1. The first kappa shape index (κ1) is 25.1. The number of hydrogen-bond acceptors (Lipinski definition) is 5. The summed E-state index contributed by atoms with van der Waals surface area (Å²) in [5.74, 6) is -0.486. The lowest BCUT2D eigenvalue weighted by molar-refractivity contribution is -0.134. The Bertz CT molecular complexity index is 1120. The van der Waals surface area contributed by atoms with E-state index in [0.717, 1.165) is 11.3 Å². The molecule has 0 saturated heterocycles. The predicted molar refractivity (Wildman–Crippen MR) is 125 cm³/mol. The minimum absolute atomic E-state index is 0.0812. The Morgan fingerprint density at radius 1 is 1.21 bits per heavy atom. The fourth-order valence-electron chi connectivity index (χ4n) is 2.66. The number of carbonyl (C=O) groups excluding carboxylic acids is 1. The minimum Gasteiger partial charge on any atom is -0.413 e. The Morgan fingerprint density at radius 2 is 1.94 bits per heavy atom. The summed E-state index contributed by atoms with van der Waals surface area (Å²) < 4.78 is 46.0. The van der Waals surface area contributed by atoms with Gasteiger partial charge >= 0.3 is 6.18 Å². The van der Waals surface area contributed by atoms with Crippen LogP contribution in [-0.2, 0) is 28.4 Å². The number of carbonyl (C=O) groups is 1. The maximum atomic E-state index is 12.7. The second-order valence-electron chi connectivity index (χ2n) is 9.22. The standard InChI is InChI=1S/C22H27F3N4O2SSi/c1-21(2,3)33(4,5)31-14-15-7-6-8-17(11-15)29-10-9-16(28-29)12-19(30)27-20-26-13-18(32-20)22(23,24)25/h6-11,13H,12,14H2,1-5H3,(H,26,27,30). The van der Waals surface area contributed by atoms with Crippen molar-refractivity contribution in [3.8, 4) is 5.69 Å². The van der Waals surface area contributed by atoms with Crippen molar-refractivity contribution in [2.45, 2.75) is 58.1 Å². The largest absolute Gasteiger partial charge is 0.427 e. The van der Waals surface area contributed by atoms with Crippen molar-refractivity contribution in [1.82, 2.24) is 14.8 Å². The highest BCUT2D eigenvalue weighted by Gasteiger charge is 2.37. The van der Waals surface area contributed by atoms with Crippen molar-refractivity contribution in [2.24, 2.45) is 0 Å². The van der Waals surface area contributed by atoms with Gasteiger partial charge in [-0.15, -0.1) is 0 Å². The molecular weight excluding hydrogens is 469 g/mol. The molecule has 0 saturated carbocycles. The van der Waals surface area contributed by atoms with E-state index in [-0.39, 0.29) is 16.6 Å². The van der Waals surface area contributed by atoms with Crippen molar-refractivity contribution in [3.63, 3.8) is 0 Å². The zero-order valence-corrected chi connectivity index (χ0v) is 21.0. The molecular formula is C22H27F3N4O2SSi. The molecule has 0 fully saturated rings. The molecule has 3 rings (SSSR count). The quantitative estimate of drug-likeness (QED) is 0.404. The third-order valence-corrected chi connectivity index (χ3v) is 11.0. The van der Waals surface area contributed by atoms with E-state index < -0.39 is 25.3 Å². The highest BCUT2D eigenvalue weighted by atomic mass is 32.1. The summed E-state index contributed by atoms with van der Waals surface area (Å²) in [5, 5.41) is 6.84. The molecule has 0 unspecified atom stereocenters. The van der Waals surface area contributed by atoms with Crippen molar-refractivity contribution in [2.75, 3.05) is 5.32 Å². The van der Waals surface area contributed by atoms with E-state index in [1.807, 2.05) is 24.3 Å². The third-order valence-electron chi connectivity index (χ3n) is 5.60. The lowest BCUT2D eigenvalue weighted by Gasteiger charge is -2.36. The molecule has 0 bridgehead atoms. The van der Waals surface area contributed by atoms with Gasteiger partial charge in [-0.3, -0.25) is 4.79 Å².